The maximum atomic E-state index is 2.35. The summed E-state index contributed by atoms with van der Waals surface area (Å²) in [5, 5.41) is 0. The fourth-order valence-corrected chi connectivity index (χ4v) is 1.51. The van der Waals surface area contributed by atoms with E-state index in [-0.39, 0.29) is 0 Å². The number of allylic oxidation sites excluding steroid dienone is 2. The fourth-order valence-electron chi connectivity index (χ4n) is 1.51. The summed E-state index contributed by atoms with van der Waals surface area (Å²) >= 11 is 0. The Labute approximate surface area is 58.0 Å². The van der Waals surface area contributed by atoms with Crippen LogP contribution in [0.4, 0.5) is 0 Å². The van der Waals surface area contributed by atoms with E-state index in [0.29, 0.717) is 10.8 Å². The third-order valence-corrected chi connectivity index (χ3v) is 1.92. The predicted molar refractivity (Wildman–Crippen MR) is 41.3 cm³/mol. The third-order valence-electron chi connectivity index (χ3n) is 1.92. The van der Waals surface area contributed by atoms with E-state index in [9.17, 15) is 0 Å². The Morgan fingerprint density at radius 3 is 1.56 bits per heavy atom. The van der Waals surface area contributed by atoms with Crippen LogP contribution in [0.25, 0.3) is 0 Å². The van der Waals surface area contributed by atoms with Gasteiger partial charge in [-0.1, -0.05) is 46.3 Å². The molecule has 0 aromatic rings. The molecule has 1 aliphatic carbocycles. The summed E-state index contributed by atoms with van der Waals surface area (Å²) in [5.41, 5.74) is 2.46. The minimum absolute atomic E-state index is 0.406. The molecule has 52 valence electrons. The molecule has 0 unspecified atom stereocenters. The molecule has 0 nitrogen and oxygen atoms in total. The second kappa shape index (κ2) is 1.42. The highest BCUT2D eigenvalue weighted by atomic mass is 14.4. The van der Waals surface area contributed by atoms with Gasteiger partial charge in [0.15, 0.2) is 0 Å². The molecule has 0 atom stereocenters. The van der Waals surface area contributed by atoms with E-state index < -0.39 is 0 Å². The minimum atomic E-state index is 0.406. The van der Waals surface area contributed by atoms with Crippen LogP contribution in [0.5, 0.6) is 0 Å². The lowest BCUT2D eigenvalue weighted by Crippen LogP contribution is -2.08. The molecule has 0 amide bonds. The van der Waals surface area contributed by atoms with Gasteiger partial charge in [-0.05, 0) is 5.41 Å². The molecule has 0 saturated heterocycles. The molecule has 0 spiro atoms. The average Bonchev–Trinajstić information content (AvgIpc) is 2.10. The predicted octanol–water partition coefficient (Wildman–Crippen LogP) is 3.00. The molecule has 0 heterocycles. The summed E-state index contributed by atoms with van der Waals surface area (Å²) in [6, 6.07) is 0. The molecular formula is C9H16. The van der Waals surface area contributed by atoms with Crippen LogP contribution in [0.3, 0.4) is 0 Å². The first-order valence-corrected chi connectivity index (χ1v) is 3.58. The first-order valence-electron chi connectivity index (χ1n) is 3.58. The summed E-state index contributed by atoms with van der Waals surface area (Å²) in [6.45, 7) is 11.4. The first kappa shape index (κ1) is 6.85. The number of hydrogen-bond acceptors (Lipinski definition) is 0. The smallest absolute Gasteiger partial charge is 0.00429 e. The molecule has 0 fully saturated rings. The minimum Gasteiger partial charge on any atom is -0.0742 e. The molecule has 1 rings (SSSR count). The molecule has 0 N–H and O–H groups in total. The Morgan fingerprint density at radius 2 is 1.56 bits per heavy atom. The van der Waals surface area contributed by atoms with E-state index in [1.807, 2.05) is 0 Å². The van der Waals surface area contributed by atoms with Gasteiger partial charge in [0.05, 0.1) is 0 Å². The van der Waals surface area contributed by atoms with Crippen LogP contribution in [0, 0.1) is 10.8 Å². The van der Waals surface area contributed by atoms with E-state index in [0.717, 1.165) is 0 Å². The Kier molecular flexibility index (Phi) is 1.08. The second-order valence-corrected chi connectivity index (χ2v) is 4.53. The summed E-state index contributed by atoms with van der Waals surface area (Å²) in [5.74, 6) is 0. The highest BCUT2D eigenvalue weighted by Crippen LogP contribution is 2.52. The van der Waals surface area contributed by atoms with E-state index in [1.54, 1.807) is 5.57 Å². The van der Waals surface area contributed by atoms with Crippen molar-refractivity contribution < 1.29 is 0 Å². The van der Waals surface area contributed by atoms with Crippen LogP contribution in [0.15, 0.2) is 11.6 Å². The molecule has 0 aromatic heterocycles. The molecule has 0 radical (unpaired) electrons. The summed E-state index contributed by atoms with van der Waals surface area (Å²) in [4.78, 5) is 0. The highest BCUT2D eigenvalue weighted by Gasteiger charge is 2.40. The Bertz CT molecular complexity index is 153. The van der Waals surface area contributed by atoms with Gasteiger partial charge < -0.3 is 0 Å². The van der Waals surface area contributed by atoms with Crippen LogP contribution >= 0.6 is 0 Å². The monoisotopic (exact) mass is 124 g/mol. The SMILES string of the molecule is CC(C)(C)C1=CC1(C)C. The van der Waals surface area contributed by atoms with Crippen molar-refractivity contribution in [3.63, 3.8) is 0 Å². The van der Waals surface area contributed by atoms with E-state index in [4.69, 9.17) is 0 Å². The van der Waals surface area contributed by atoms with Gasteiger partial charge in [-0.2, -0.15) is 0 Å². The highest BCUT2D eigenvalue weighted by molar-refractivity contribution is 5.39. The molecule has 0 heteroatoms. The number of rotatable bonds is 0. The summed E-state index contributed by atoms with van der Waals surface area (Å²) in [6.07, 6.45) is 2.35. The zero-order chi connectivity index (χ0) is 7.28. The van der Waals surface area contributed by atoms with Gasteiger partial charge in [-0.15, -0.1) is 0 Å². The van der Waals surface area contributed by atoms with Crippen molar-refractivity contribution >= 4 is 0 Å². The fraction of sp³-hybridized carbons (Fsp3) is 0.778. The van der Waals surface area contributed by atoms with Crippen molar-refractivity contribution in [2.75, 3.05) is 0 Å². The molecule has 0 bridgehead atoms. The van der Waals surface area contributed by atoms with E-state index in [2.05, 4.69) is 40.7 Å². The van der Waals surface area contributed by atoms with Gasteiger partial charge in [-0.25, -0.2) is 0 Å². The Balaban J connectivity index is 2.62. The van der Waals surface area contributed by atoms with Crippen molar-refractivity contribution in [1.82, 2.24) is 0 Å². The standard InChI is InChI=1S/C9H16/c1-8(2,3)7-6-9(7,4)5/h6H,1-5H3. The van der Waals surface area contributed by atoms with E-state index in [1.165, 1.54) is 0 Å². The third kappa shape index (κ3) is 1.17. The van der Waals surface area contributed by atoms with Crippen molar-refractivity contribution in [3.05, 3.63) is 11.6 Å². The molecule has 1 aliphatic rings. The zero-order valence-corrected chi connectivity index (χ0v) is 7.08. The first-order chi connectivity index (χ1) is 3.84. The summed E-state index contributed by atoms with van der Waals surface area (Å²) < 4.78 is 0. The topological polar surface area (TPSA) is 0 Å². The lowest BCUT2D eigenvalue weighted by Gasteiger charge is -2.18. The second-order valence-electron chi connectivity index (χ2n) is 4.53. The maximum Gasteiger partial charge on any atom is 0.00429 e. The quantitative estimate of drug-likeness (QED) is 0.435. The van der Waals surface area contributed by atoms with Crippen molar-refractivity contribution in [2.45, 2.75) is 34.6 Å². The van der Waals surface area contributed by atoms with Gasteiger partial charge in [-0.3, -0.25) is 0 Å². The van der Waals surface area contributed by atoms with Crippen LogP contribution in [0.1, 0.15) is 34.6 Å². The lowest BCUT2D eigenvalue weighted by atomic mass is 9.86. The van der Waals surface area contributed by atoms with Crippen LogP contribution in [-0.4, -0.2) is 0 Å². The Morgan fingerprint density at radius 1 is 1.22 bits per heavy atom. The molecule has 9 heavy (non-hydrogen) atoms. The van der Waals surface area contributed by atoms with E-state index >= 15 is 0 Å². The Hall–Kier alpha value is -0.260. The van der Waals surface area contributed by atoms with Gasteiger partial charge >= 0.3 is 0 Å². The van der Waals surface area contributed by atoms with Gasteiger partial charge in [0, 0.05) is 5.41 Å². The molecule has 0 saturated carbocycles. The van der Waals surface area contributed by atoms with Crippen molar-refractivity contribution in [1.29, 1.82) is 0 Å². The number of hydrogen-bond donors (Lipinski definition) is 0. The zero-order valence-electron chi connectivity index (χ0n) is 7.08. The molecular weight excluding hydrogens is 108 g/mol. The lowest BCUT2D eigenvalue weighted by molar-refractivity contribution is 0.464. The average molecular weight is 124 g/mol. The van der Waals surface area contributed by atoms with Crippen LogP contribution < -0.4 is 0 Å². The van der Waals surface area contributed by atoms with Crippen molar-refractivity contribution in [2.24, 2.45) is 10.8 Å². The largest absolute Gasteiger partial charge is 0.0742 e. The van der Waals surface area contributed by atoms with Crippen molar-refractivity contribution in [3.8, 4) is 0 Å². The maximum absolute atomic E-state index is 2.35. The van der Waals surface area contributed by atoms with Gasteiger partial charge in [0.25, 0.3) is 0 Å². The normalized spacial score (nSPS) is 23.4. The molecule has 0 aliphatic heterocycles. The van der Waals surface area contributed by atoms with Crippen LogP contribution in [0.2, 0.25) is 0 Å². The summed E-state index contributed by atoms with van der Waals surface area (Å²) in [7, 11) is 0. The van der Waals surface area contributed by atoms with Gasteiger partial charge in [0.2, 0.25) is 0 Å². The van der Waals surface area contributed by atoms with Crippen LogP contribution in [-0.2, 0) is 0 Å². The van der Waals surface area contributed by atoms with Gasteiger partial charge in [0.1, 0.15) is 0 Å². The molecule has 0 aromatic carbocycles.